The highest BCUT2D eigenvalue weighted by molar-refractivity contribution is 8.00. The number of rotatable bonds is 9. The molecule has 0 bridgehead atoms. The number of nitrogens with one attached hydrogen (secondary N) is 2. The van der Waals surface area contributed by atoms with Crippen LogP contribution in [0, 0.1) is 0 Å². The van der Waals surface area contributed by atoms with Gasteiger partial charge in [0.05, 0.1) is 12.4 Å². The van der Waals surface area contributed by atoms with E-state index in [1.54, 1.807) is 31.4 Å². The number of methoxy groups -OCH3 is 1. The van der Waals surface area contributed by atoms with Crippen molar-refractivity contribution in [3.05, 3.63) is 78.9 Å². The van der Waals surface area contributed by atoms with Crippen molar-refractivity contribution in [2.24, 2.45) is 0 Å². The molecule has 0 fully saturated rings. The third-order valence-electron chi connectivity index (χ3n) is 4.25. The second-order valence-corrected chi connectivity index (χ2v) is 8.07. The normalized spacial score (nSPS) is 11.3. The van der Waals surface area contributed by atoms with Gasteiger partial charge in [-0.3, -0.25) is 9.59 Å². The molecule has 0 aliphatic carbocycles. The summed E-state index contributed by atoms with van der Waals surface area (Å²) in [4.78, 5) is 25.6. The number of amides is 2. The lowest BCUT2D eigenvalue weighted by Crippen LogP contribution is -2.22. The van der Waals surface area contributed by atoms with Gasteiger partial charge in [-0.25, -0.2) is 0 Å². The topological polar surface area (TPSA) is 76.7 Å². The first-order chi connectivity index (χ1) is 15.0. The predicted octanol–water partition coefficient (Wildman–Crippen LogP) is 4.83. The van der Waals surface area contributed by atoms with Gasteiger partial charge in [0.15, 0.2) is 6.61 Å². The fraction of sp³-hybridized carbons (Fsp3) is 0.167. The van der Waals surface area contributed by atoms with Gasteiger partial charge >= 0.3 is 0 Å². The highest BCUT2D eigenvalue weighted by atomic mass is 32.2. The van der Waals surface area contributed by atoms with Crippen LogP contribution in [0.2, 0.25) is 0 Å². The Labute approximate surface area is 186 Å². The molecular formula is C24H24N2O4S. The molecule has 0 saturated heterocycles. The summed E-state index contributed by atoms with van der Waals surface area (Å²) in [5, 5.41) is 5.37. The molecule has 0 radical (unpaired) electrons. The largest absolute Gasteiger partial charge is 0.497 e. The van der Waals surface area contributed by atoms with E-state index >= 15 is 0 Å². The zero-order valence-electron chi connectivity index (χ0n) is 17.3. The summed E-state index contributed by atoms with van der Waals surface area (Å²) >= 11 is 1.41. The van der Waals surface area contributed by atoms with Crippen molar-refractivity contribution in [2.45, 2.75) is 17.1 Å². The van der Waals surface area contributed by atoms with E-state index in [0.717, 1.165) is 4.90 Å². The summed E-state index contributed by atoms with van der Waals surface area (Å²) in [6, 6.07) is 23.7. The Bertz CT molecular complexity index is 1030. The summed E-state index contributed by atoms with van der Waals surface area (Å²) in [5.74, 6) is 0.939. The van der Waals surface area contributed by atoms with Gasteiger partial charge in [0.2, 0.25) is 5.91 Å². The number of hydrogen-bond acceptors (Lipinski definition) is 5. The van der Waals surface area contributed by atoms with Crippen LogP contribution in [-0.4, -0.2) is 30.8 Å². The van der Waals surface area contributed by atoms with Crippen LogP contribution in [-0.2, 0) is 9.59 Å². The van der Waals surface area contributed by atoms with Gasteiger partial charge in [0.1, 0.15) is 11.5 Å². The lowest BCUT2D eigenvalue weighted by molar-refractivity contribution is -0.118. The van der Waals surface area contributed by atoms with Crippen LogP contribution in [0.5, 0.6) is 11.5 Å². The lowest BCUT2D eigenvalue weighted by atomic mass is 10.3. The fourth-order valence-corrected chi connectivity index (χ4v) is 3.64. The fourth-order valence-electron chi connectivity index (χ4n) is 2.71. The van der Waals surface area contributed by atoms with E-state index in [0.29, 0.717) is 22.9 Å². The Morgan fingerprint density at radius 3 is 2.29 bits per heavy atom. The molecular weight excluding hydrogens is 412 g/mol. The van der Waals surface area contributed by atoms with Gasteiger partial charge in [-0.15, -0.1) is 11.8 Å². The quantitative estimate of drug-likeness (QED) is 0.470. The van der Waals surface area contributed by atoms with Gasteiger partial charge in [0, 0.05) is 22.3 Å². The van der Waals surface area contributed by atoms with Crippen molar-refractivity contribution in [1.82, 2.24) is 0 Å². The zero-order chi connectivity index (χ0) is 22.1. The van der Waals surface area contributed by atoms with Crippen molar-refractivity contribution in [1.29, 1.82) is 0 Å². The molecule has 2 amide bonds. The van der Waals surface area contributed by atoms with E-state index in [9.17, 15) is 9.59 Å². The Morgan fingerprint density at radius 2 is 1.55 bits per heavy atom. The first-order valence-electron chi connectivity index (χ1n) is 9.73. The van der Waals surface area contributed by atoms with Crippen molar-refractivity contribution in [2.75, 3.05) is 24.4 Å². The van der Waals surface area contributed by atoms with Crippen LogP contribution in [0.3, 0.4) is 0 Å². The molecule has 0 spiro atoms. The minimum Gasteiger partial charge on any atom is -0.497 e. The molecule has 3 aromatic carbocycles. The molecule has 1 unspecified atom stereocenters. The van der Waals surface area contributed by atoms with Crippen molar-refractivity contribution in [3.63, 3.8) is 0 Å². The average molecular weight is 437 g/mol. The zero-order valence-corrected chi connectivity index (χ0v) is 18.1. The number of para-hydroxylation sites is 1. The summed E-state index contributed by atoms with van der Waals surface area (Å²) in [6.07, 6.45) is 0. The van der Waals surface area contributed by atoms with Gasteiger partial charge in [-0.1, -0.05) is 30.3 Å². The molecule has 0 saturated carbocycles. The first-order valence-corrected chi connectivity index (χ1v) is 10.6. The van der Waals surface area contributed by atoms with E-state index in [1.807, 2.05) is 61.5 Å². The second kappa shape index (κ2) is 11.1. The van der Waals surface area contributed by atoms with E-state index in [1.165, 1.54) is 11.8 Å². The van der Waals surface area contributed by atoms with Crippen LogP contribution < -0.4 is 20.1 Å². The molecule has 1 atom stereocenters. The van der Waals surface area contributed by atoms with E-state index in [4.69, 9.17) is 9.47 Å². The molecule has 7 heteroatoms. The standard InChI is InChI=1S/C24H24N2O4S/c1-17(24(28)26-18-8-6-12-21(14-18)29-2)31-22-13-7-9-19(15-22)25-23(27)16-30-20-10-4-3-5-11-20/h3-15,17H,16H2,1-2H3,(H,25,27)(H,26,28). The van der Waals surface area contributed by atoms with Gasteiger partial charge < -0.3 is 20.1 Å². The first kappa shape index (κ1) is 22.2. The average Bonchev–Trinajstić information content (AvgIpc) is 2.78. The predicted molar refractivity (Wildman–Crippen MR) is 124 cm³/mol. The maximum atomic E-state index is 12.5. The number of carbonyl (C=O) groups is 2. The molecule has 160 valence electrons. The minimum absolute atomic E-state index is 0.0826. The number of thioether (sulfide) groups is 1. The molecule has 0 aliphatic heterocycles. The molecule has 31 heavy (non-hydrogen) atoms. The van der Waals surface area contributed by atoms with Crippen LogP contribution >= 0.6 is 11.8 Å². The third kappa shape index (κ3) is 7.08. The third-order valence-corrected chi connectivity index (χ3v) is 5.34. The van der Waals surface area contributed by atoms with Gasteiger partial charge in [-0.05, 0) is 49.4 Å². The van der Waals surface area contributed by atoms with Crippen LogP contribution in [0.15, 0.2) is 83.8 Å². The number of ether oxygens (including phenoxy) is 2. The van der Waals surface area contributed by atoms with Crippen molar-refractivity contribution in [3.8, 4) is 11.5 Å². The highest BCUT2D eigenvalue weighted by Crippen LogP contribution is 2.27. The summed E-state index contributed by atoms with van der Waals surface area (Å²) in [6.45, 7) is 1.75. The molecule has 0 aromatic heterocycles. The number of anilines is 2. The van der Waals surface area contributed by atoms with Crippen molar-refractivity contribution >= 4 is 35.0 Å². The van der Waals surface area contributed by atoms with Gasteiger partial charge in [-0.2, -0.15) is 0 Å². The second-order valence-electron chi connectivity index (χ2n) is 6.66. The molecule has 6 nitrogen and oxygen atoms in total. The number of carbonyl (C=O) groups excluding carboxylic acids is 2. The lowest BCUT2D eigenvalue weighted by Gasteiger charge is -2.13. The monoisotopic (exact) mass is 436 g/mol. The smallest absolute Gasteiger partial charge is 0.262 e. The van der Waals surface area contributed by atoms with Crippen LogP contribution in [0.25, 0.3) is 0 Å². The van der Waals surface area contributed by atoms with E-state index in [-0.39, 0.29) is 23.7 Å². The van der Waals surface area contributed by atoms with Crippen LogP contribution in [0.1, 0.15) is 6.92 Å². The molecule has 2 N–H and O–H groups in total. The Balaban J connectivity index is 1.52. The number of hydrogen-bond donors (Lipinski definition) is 2. The molecule has 0 heterocycles. The maximum Gasteiger partial charge on any atom is 0.262 e. The Morgan fingerprint density at radius 1 is 0.871 bits per heavy atom. The van der Waals surface area contributed by atoms with E-state index < -0.39 is 0 Å². The Hall–Kier alpha value is -3.45. The summed E-state index contributed by atoms with van der Waals surface area (Å²) in [7, 11) is 1.58. The SMILES string of the molecule is COc1cccc(NC(=O)C(C)Sc2cccc(NC(=O)COc3ccccc3)c2)c1. The molecule has 3 aromatic rings. The summed E-state index contributed by atoms with van der Waals surface area (Å²) < 4.78 is 10.6. The molecule has 3 rings (SSSR count). The Kier molecular flexibility index (Phi) is 7.95. The van der Waals surface area contributed by atoms with Crippen molar-refractivity contribution < 1.29 is 19.1 Å². The van der Waals surface area contributed by atoms with Gasteiger partial charge in [0.25, 0.3) is 5.91 Å². The highest BCUT2D eigenvalue weighted by Gasteiger charge is 2.15. The maximum absolute atomic E-state index is 12.5. The number of benzene rings is 3. The summed E-state index contributed by atoms with van der Waals surface area (Å²) in [5.41, 5.74) is 1.32. The molecule has 0 aliphatic rings. The minimum atomic E-state index is -0.335. The van der Waals surface area contributed by atoms with E-state index in [2.05, 4.69) is 10.6 Å². The van der Waals surface area contributed by atoms with Crippen LogP contribution in [0.4, 0.5) is 11.4 Å².